The van der Waals surface area contributed by atoms with Crippen molar-refractivity contribution in [3.63, 3.8) is 0 Å². The zero-order chi connectivity index (χ0) is 40.7. The summed E-state index contributed by atoms with van der Waals surface area (Å²) in [6.45, 7) is 3.20. The number of aryl methyl sites for hydroxylation is 1. The summed E-state index contributed by atoms with van der Waals surface area (Å²) in [6, 6.07) is 25.7. The number of rotatable bonds is 23. The average Bonchev–Trinajstić information content (AvgIpc) is 3.17. The number of esters is 1. The van der Waals surface area contributed by atoms with E-state index in [-0.39, 0.29) is 56.1 Å². The van der Waals surface area contributed by atoms with Crippen molar-refractivity contribution in [3.05, 3.63) is 114 Å². The minimum absolute atomic E-state index is 0.0125. The molecule has 13 nitrogen and oxygen atoms in total. The van der Waals surface area contributed by atoms with Gasteiger partial charge in [0.05, 0.1) is 11.8 Å². The standard InChI is InChI=1S/C42H49N3O10S/c1-28(2)23-33(41(43)50)25-38(46)37(24-29-15-17-34(18-16-29)54-27-39(47)48)44-42(51)36(19-20-40(49)55-26-30-9-4-3-5-10-30)45-56(52,53)22-21-32-13-8-12-31-11-6-7-14-35(31)32/h3-18,28,33,36-37,45H,19-27H2,1-2H3,(H2,43,50)(H,44,51)(H,47,48)/t33-,36+,37+/m1/s1. The first-order chi connectivity index (χ1) is 26.7. The number of carboxylic acid groups (broad SMARTS) is 1. The molecular weight excluding hydrogens is 739 g/mol. The molecule has 4 aromatic carbocycles. The first kappa shape index (κ1) is 43.1. The summed E-state index contributed by atoms with van der Waals surface area (Å²) >= 11 is 0. The lowest BCUT2D eigenvalue weighted by Gasteiger charge is -2.24. The van der Waals surface area contributed by atoms with Crippen LogP contribution in [0.5, 0.6) is 5.75 Å². The van der Waals surface area contributed by atoms with Gasteiger partial charge < -0.3 is 25.6 Å². The maximum absolute atomic E-state index is 14.1. The van der Waals surface area contributed by atoms with Crippen LogP contribution in [0.4, 0.5) is 0 Å². The summed E-state index contributed by atoms with van der Waals surface area (Å²) in [6.07, 6.45) is -0.447. The summed E-state index contributed by atoms with van der Waals surface area (Å²) in [5.74, 6) is -4.69. The maximum Gasteiger partial charge on any atom is 0.341 e. The Labute approximate surface area is 327 Å². The lowest BCUT2D eigenvalue weighted by Crippen LogP contribution is -2.53. The molecule has 0 saturated heterocycles. The highest BCUT2D eigenvalue weighted by molar-refractivity contribution is 7.89. The van der Waals surface area contributed by atoms with Gasteiger partial charge in [0.1, 0.15) is 18.4 Å². The van der Waals surface area contributed by atoms with Gasteiger partial charge in [0.2, 0.25) is 21.8 Å². The van der Waals surface area contributed by atoms with E-state index in [2.05, 4.69) is 10.0 Å². The number of nitrogens with two attached hydrogens (primary N) is 1. The Hall–Kier alpha value is -5.60. The third-order valence-electron chi connectivity index (χ3n) is 9.07. The zero-order valence-electron chi connectivity index (χ0n) is 31.5. The molecule has 4 rings (SSSR count). The monoisotopic (exact) mass is 787 g/mol. The lowest BCUT2D eigenvalue weighted by atomic mass is 9.88. The van der Waals surface area contributed by atoms with Crippen molar-refractivity contribution < 1.29 is 47.0 Å². The fourth-order valence-electron chi connectivity index (χ4n) is 6.22. The van der Waals surface area contributed by atoms with Gasteiger partial charge in [-0.05, 0) is 71.2 Å². The molecule has 298 valence electrons. The predicted octanol–water partition coefficient (Wildman–Crippen LogP) is 4.49. The molecule has 0 heterocycles. The van der Waals surface area contributed by atoms with E-state index in [1.807, 2.05) is 62.4 Å². The van der Waals surface area contributed by atoms with Gasteiger partial charge in [0.15, 0.2) is 12.4 Å². The number of primary amides is 1. The molecule has 0 radical (unpaired) electrons. The fourth-order valence-corrected chi connectivity index (χ4v) is 7.49. The van der Waals surface area contributed by atoms with E-state index in [0.717, 1.165) is 21.9 Å². The van der Waals surface area contributed by atoms with Crippen LogP contribution in [0.3, 0.4) is 0 Å². The number of sulfonamides is 1. The predicted molar refractivity (Wildman–Crippen MR) is 211 cm³/mol. The Kier molecular flexibility index (Phi) is 16.1. The molecule has 0 aliphatic rings. The van der Waals surface area contributed by atoms with Crippen molar-refractivity contribution in [3.8, 4) is 5.75 Å². The van der Waals surface area contributed by atoms with Gasteiger partial charge in [0.25, 0.3) is 0 Å². The number of carboxylic acids is 1. The number of Topliss-reactive ketones (excluding diaryl/α,β-unsaturated/α-hetero) is 1. The van der Waals surface area contributed by atoms with Crippen molar-refractivity contribution in [1.29, 1.82) is 0 Å². The number of hydrogen-bond donors (Lipinski definition) is 4. The van der Waals surface area contributed by atoms with Gasteiger partial charge in [-0.15, -0.1) is 0 Å². The highest BCUT2D eigenvalue weighted by Gasteiger charge is 2.32. The number of benzene rings is 4. The Balaban J connectivity index is 1.56. The number of carbonyl (C=O) groups excluding carboxylic acids is 4. The number of amides is 2. The third kappa shape index (κ3) is 14.2. The van der Waals surface area contributed by atoms with Crippen molar-refractivity contribution in [2.45, 2.75) is 71.1 Å². The molecule has 0 bridgehead atoms. The Morgan fingerprint density at radius 2 is 1.50 bits per heavy atom. The number of aliphatic carboxylic acids is 1. The van der Waals surface area contributed by atoms with Gasteiger partial charge in [-0.3, -0.25) is 19.2 Å². The van der Waals surface area contributed by atoms with Crippen LogP contribution in [-0.4, -0.2) is 67.5 Å². The summed E-state index contributed by atoms with van der Waals surface area (Å²) in [5, 5.41) is 13.5. The van der Waals surface area contributed by atoms with E-state index in [1.165, 1.54) is 12.1 Å². The molecular formula is C42H49N3O10S. The van der Waals surface area contributed by atoms with Gasteiger partial charge in [0, 0.05) is 18.8 Å². The quantitative estimate of drug-likeness (QED) is 0.0775. The second-order valence-electron chi connectivity index (χ2n) is 14.1. The van der Waals surface area contributed by atoms with Crippen LogP contribution in [0.15, 0.2) is 97.1 Å². The topological polar surface area (TPSA) is 208 Å². The minimum atomic E-state index is -4.14. The average molecular weight is 788 g/mol. The van der Waals surface area contributed by atoms with Crippen molar-refractivity contribution in [2.75, 3.05) is 12.4 Å². The van der Waals surface area contributed by atoms with E-state index >= 15 is 0 Å². The molecule has 0 aromatic heterocycles. The Bertz CT molecular complexity index is 2070. The summed E-state index contributed by atoms with van der Waals surface area (Å²) in [7, 11) is -4.14. The Morgan fingerprint density at radius 1 is 0.821 bits per heavy atom. The molecule has 0 aliphatic carbocycles. The third-order valence-corrected chi connectivity index (χ3v) is 10.5. The number of fused-ring (bicyclic) bond motifs is 1. The molecule has 14 heteroatoms. The molecule has 0 saturated carbocycles. The molecule has 56 heavy (non-hydrogen) atoms. The molecule has 0 unspecified atom stereocenters. The second kappa shape index (κ2) is 20.9. The number of nitrogens with one attached hydrogen (secondary N) is 2. The van der Waals surface area contributed by atoms with Gasteiger partial charge in [-0.25, -0.2) is 17.9 Å². The van der Waals surface area contributed by atoms with Crippen molar-refractivity contribution in [2.24, 2.45) is 17.6 Å². The molecule has 2 amide bonds. The normalized spacial score (nSPS) is 13.1. The molecule has 0 fully saturated rings. The number of carbonyl (C=O) groups is 5. The van der Waals surface area contributed by atoms with E-state index < -0.39 is 64.2 Å². The van der Waals surface area contributed by atoms with Crippen LogP contribution in [-0.2, 0) is 58.2 Å². The van der Waals surface area contributed by atoms with E-state index in [1.54, 1.807) is 36.4 Å². The van der Waals surface area contributed by atoms with E-state index in [9.17, 15) is 32.4 Å². The van der Waals surface area contributed by atoms with Crippen LogP contribution < -0.4 is 20.5 Å². The van der Waals surface area contributed by atoms with Gasteiger partial charge in [-0.2, -0.15) is 0 Å². The van der Waals surface area contributed by atoms with Crippen molar-refractivity contribution >= 4 is 50.3 Å². The van der Waals surface area contributed by atoms with Crippen LogP contribution in [0.1, 0.15) is 56.2 Å². The molecule has 0 aliphatic heterocycles. The van der Waals surface area contributed by atoms with Crippen LogP contribution in [0.25, 0.3) is 10.8 Å². The summed E-state index contributed by atoms with van der Waals surface area (Å²) < 4.78 is 40.2. The van der Waals surface area contributed by atoms with Crippen LogP contribution >= 0.6 is 0 Å². The van der Waals surface area contributed by atoms with Crippen LogP contribution in [0, 0.1) is 11.8 Å². The number of hydrogen-bond acceptors (Lipinski definition) is 9. The Morgan fingerprint density at radius 3 is 2.18 bits per heavy atom. The fraction of sp³-hybridized carbons (Fsp3) is 0.357. The number of ketones is 1. The van der Waals surface area contributed by atoms with Gasteiger partial charge in [-0.1, -0.05) is 98.8 Å². The highest BCUT2D eigenvalue weighted by atomic mass is 32.2. The molecule has 3 atom stereocenters. The minimum Gasteiger partial charge on any atom is -0.482 e. The smallest absolute Gasteiger partial charge is 0.341 e. The van der Waals surface area contributed by atoms with Crippen molar-refractivity contribution in [1.82, 2.24) is 10.0 Å². The maximum atomic E-state index is 14.1. The van der Waals surface area contributed by atoms with E-state index in [4.69, 9.17) is 20.3 Å². The second-order valence-corrected chi connectivity index (χ2v) is 15.9. The molecule has 4 aromatic rings. The zero-order valence-corrected chi connectivity index (χ0v) is 32.3. The SMILES string of the molecule is CC(C)C[C@H](CC(=O)[C@H](Cc1ccc(OCC(=O)O)cc1)NC(=O)[C@H](CCC(=O)OCc1ccccc1)NS(=O)(=O)CCc1cccc2ccccc12)C(N)=O. The summed E-state index contributed by atoms with van der Waals surface area (Å²) in [5.41, 5.74) is 7.75. The van der Waals surface area contributed by atoms with Gasteiger partial charge >= 0.3 is 11.9 Å². The lowest BCUT2D eigenvalue weighted by molar-refractivity contribution is -0.145. The molecule has 5 N–H and O–H groups in total. The largest absolute Gasteiger partial charge is 0.482 e. The number of ether oxygens (including phenoxy) is 2. The first-order valence-corrected chi connectivity index (χ1v) is 20.1. The molecule has 0 spiro atoms. The summed E-state index contributed by atoms with van der Waals surface area (Å²) in [4.78, 5) is 64.0. The van der Waals surface area contributed by atoms with Crippen LogP contribution in [0.2, 0.25) is 0 Å². The van der Waals surface area contributed by atoms with E-state index in [0.29, 0.717) is 12.0 Å². The first-order valence-electron chi connectivity index (χ1n) is 18.4. The highest BCUT2D eigenvalue weighted by Crippen LogP contribution is 2.21.